The fourth-order valence-corrected chi connectivity index (χ4v) is 3.81. The molecule has 0 radical (unpaired) electrons. The van der Waals surface area contributed by atoms with Crippen LogP contribution in [0.25, 0.3) is 0 Å². The van der Waals surface area contributed by atoms with Crippen molar-refractivity contribution in [2.24, 2.45) is 5.92 Å². The van der Waals surface area contributed by atoms with E-state index in [1.165, 1.54) is 24.3 Å². The van der Waals surface area contributed by atoms with Crippen molar-refractivity contribution >= 4 is 5.97 Å². The third-order valence-corrected chi connectivity index (χ3v) is 5.71. The van der Waals surface area contributed by atoms with Gasteiger partial charge in [-0.1, -0.05) is 39.7 Å². The Bertz CT molecular complexity index is 1080. The maximum Gasteiger partial charge on any atom is 0.306 e. The molecule has 8 nitrogen and oxygen atoms in total. The molecule has 0 spiro atoms. The molecule has 0 amide bonds. The summed E-state index contributed by atoms with van der Waals surface area (Å²) in [5.41, 5.74) is -2.25. The van der Waals surface area contributed by atoms with Gasteiger partial charge in [-0.2, -0.15) is 5.10 Å². The highest BCUT2D eigenvalue weighted by Crippen LogP contribution is 2.39. The third-order valence-electron chi connectivity index (χ3n) is 5.71. The predicted octanol–water partition coefficient (Wildman–Crippen LogP) is 4.46. The molecule has 0 saturated heterocycles. The van der Waals surface area contributed by atoms with Gasteiger partial charge in [-0.05, 0) is 18.9 Å². The molecule has 0 fully saturated rings. The summed E-state index contributed by atoms with van der Waals surface area (Å²) in [6.45, 7) is 5.29. The molecule has 0 bridgehead atoms. The van der Waals surface area contributed by atoms with Crippen molar-refractivity contribution in [3.05, 3.63) is 72.1 Å². The maximum absolute atomic E-state index is 14.4. The molecule has 2 aromatic heterocycles. The van der Waals surface area contributed by atoms with E-state index < -0.39 is 34.9 Å². The van der Waals surface area contributed by atoms with E-state index in [4.69, 9.17) is 5.11 Å². The van der Waals surface area contributed by atoms with Crippen LogP contribution in [-0.4, -0.2) is 40.9 Å². The second kappa shape index (κ2) is 12.9. The predicted molar refractivity (Wildman–Crippen MR) is 122 cm³/mol. The van der Waals surface area contributed by atoms with Crippen molar-refractivity contribution in [1.29, 1.82) is 0 Å². The van der Waals surface area contributed by atoms with Crippen molar-refractivity contribution < 1.29 is 28.2 Å². The Hall–Kier alpha value is -3.34. The van der Waals surface area contributed by atoms with Gasteiger partial charge in [0.1, 0.15) is 36.2 Å². The number of aromatic nitrogens is 5. The van der Waals surface area contributed by atoms with Crippen LogP contribution in [0.1, 0.15) is 63.6 Å². The third kappa shape index (κ3) is 7.32. The first-order valence-electron chi connectivity index (χ1n) is 11.3. The van der Waals surface area contributed by atoms with Gasteiger partial charge in [0, 0.05) is 17.5 Å². The number of aliphatic carboxylic acids is 1. The van der Waals surface area contributed by atoms with Crippen molar-refractivity contribution in [3.8, 4) is 0 Å². The maximum atomic E-state index is 14.4. The van der Waals surface area contributed by atoms with Crippen LogP contribution in [0, 0.1) is 23.4 Å². The van der Waals surface area contributed by atoms with Crippen molar-refractivity contribution in [2.75, 3.05) is 0 Å². The monoisotopic (exact) mass is 493 g/mol. The first-order valence-corrected chi connectivity index (χ1v) is 11.3. The quantitative estimate of drug-likeness (QED) is 0.428. The lowest BCUT2D eigenvalue weighted by Gasteiger charge is -2.34. The topological polar surface area (TPSA) is 114 Å². The number of carboxylic acids is 1. The van der Waals surface area contributed by atoms with E-state index in [1.807, 2.05) is 13.8 Å². The summed E-state index contributed by atoms with van der Waals surface area (Å²) in [5, 5.41) is 23.8. The standard InChI is InChI=1S/C16H14F3N5O.C8H16O2/c1-10(15-14(19)5-20-7-22-15)16(25,6-24-9-21-8-23-24)12-3-2-11(17)4-13(12)18;1-3-5-7(6-4-2)8(9)10/h2-5,7-10,25H,6H2,1H3;7H,3-6H2,1-2H3,(H,9,10)/t10-,16+;/m0./s1. The highest BCUT2D eigenvalue weighted by Gasteiger charge is 2.41. The minimum Gasteiger partial charge on any atom is -0.481 e. The number of carbonyl (C=O) groups is 1. The number of rotatable bonds is 10. The second-order valence-corrected chi connectivity index (χ2v) is 8.23. The number of benzene rings is 1. The average Bonchev–Trinajstić information content (AvgIpc) is 3.32. The van der Waals surface area contributed by atoms with Gasteiger partial charge in [-0.25, -0.2) is 32.8 Å². The lowest BCUT2D eigenvalue weighted by Crippen LogP contribution is -2.39. The van der Waals surface area contributed by atoms with Gasteiger partial charge in [0.05, 0.1) is 24.4 Å². The van der Waals surface area contributed by atoms with Gasteiger partial charge in [-0.3, -0.25) is 4.79 Å². The van der Waals surface area contributed by atoms with Crippen LogP contribution in [0.4, 0.5) is 13.2 Å². The lowest BCUT2D eigenvalue weighted by atomic mass is 9.79. The molecule has 2 atom stereocenters. The fraction of sp³-hybridized carbons (Fsp3) is 0.458. The molecule has 0 aliphatic carbocycles. The molecule has 3 aromatic rings. The summed E-state index contributed by atoms with van der Waals surface area (Å²) in [5.74, 6) is -4.21. The van der Waals surface area contributed by atoms with Crippen LogP contribution in [-0.2, 0) is 16.9 Å². The van der Waals surface area contributed by atoms with Gasteiger partial charge in [0.15, 0.2) is 5.82 Å². The molecule has 190 valence electrons. The Morgan fingerprint density at radius 3 is 2.29 bits per heavy atom. The van der Waals surface area contributed by atoms with Gasteiger partial charge in [0.25, 0.3) is 0 Å². The van der Waals surface area contributed by atoms with Crippen LogP contribution < -0.4 is 0 Å². The van der Waals surface area contributed by atoms with Gasteiger partial charge in [-0.15, -0.1) is 0 Å². The molecule has 2 N–H and O–H groups in total. The molecule has 2 heterocycles. The summed E-state index contributed by atoms with van der Waals surface area (Å²) in [7, 11) is 0. The Labute approximate surface area is 201 Å². The van der Waals surface area contributed by atoms with Crippen LogP contribution in [0.3, 0.4) is 0 Å². The zero-order chi connectivity index (χ0) is 26.0. The number of aliphatic hydroxyl groups is 1. The number of hydrogen-bond acceptors (Lipinski definition) is 6. The van der Waals surface area contributed by atoms with Gasteiger partial charge < -0.3 is 10.2 Å². The van der Waals surface area contributed by atoms with Crippen LogP contribution in [0.15, 0.2) is 43.4 Å². The summed E-state index contributed by atoms with van der Waals surface area (Å²) in [6, 6.07) is 2.80. The Morgan fingerprint density at radius 2 is 1.77 bits per heavy atom. The molecule has 0 aliphatic heterocycles. The van der Waals surface area contributed by atoms with Crippen LogP contribution >= 0.6 is 0 Å². The smallest absolute Gasteiger partial charge is 0.306 e. The molecule has 0 unspecified atom stereocenters. The molecule has 0 saturated carbocycles. The minimum absolute atomic E-state index is 0.0960. The zero-order valence-electron chi connectivity index (χ0n) is 19.9. The summed E-state index contributed by atoms with van der Waals surface area (Å²) < 4.78 is 43.0. The Kier molecular flexibility index (Phi) is 10.3. The molecule has 35 heavy (non-hydrogen) atoms. The summed E-state index contributed by atoms with van der Waals surface area (Å²) in [6.07, 6.45) is 8.24. The highest BCUT2D eigenvalue weighted by atomic mass is 19.1. The highest BCUT2D eigenvalue weighted by molar-refractivity contribution is 5.69. The summed E-state index contributed by atoms with van der Waals surface area (Å²) >= 11 is 0. The Morgan fingerprint density at radius 1 is 1.09 bits per heavy atom. The van der Waals surface area contributed by atoms with Crippen molar-refractivity contribution in [2.45, 2.75) is 64.5 Å². The molecular weight excluding hydrogens is 463 g/mol. The van der Waals surface area contributed by atoms with E-state index in [0.717, 1.165) is 50.3 Å². The molecule has 11 heteroatoms. The van der Waals surface area contributed by atoms with E-state index in [-0.39, 0.29) is 23.7 Å². The summed E-state index contributed by atoms with van der Waals surface area (Å²) in [4.78, 5) is 21.7. The van der Waals surface area contributed by atoms with Gasteiger partial charge in [0.2, 0.25) is 0 Å². The number of carboxylic acid groups (broad SMARTS) is 1. The largest absolute Gasteiger partial charge is 0.481 e. The molecule has 1 aromatic carbocycles. The van der Waals surface area contributed by atoms with Gasteiger partial charge >= 0.3 is 5.97 Å². The molecule has 0 aliphatic rings. The van der Waals surface area contributed by atoms with E-state index in [0.29, 0.717) is 6.07 Å². The van der Waals surface area contributed by atoms with E-state index in [2.05, 4.69) is 20.1 Å². The molecular formula is C24H30F3N5O3. The van der Waals surface area contributed by atoms with Crippen molar-refractivity contribution in [3.63, 3.8) is 0 Å². The second-order valence-electron chi connectivity index (χ2n) is 8.23. The minimum atomic E-state index is -1.96. The van der Waals surface area contributed by atoms with Crippen LogP contribution in [0.5, 0.6) is 0 Å². The van der Waals surface area contributed by atoms with Crippen LogP contribution in [0.2, 0.25) is 0 Å². The van der Waals surface area contributed by atoms with E-state index >= 15 is 0 Å². The average molecular weight is 494 g/mol. The van der Waals surface area contributed by atoms with E-state index in [9.17, 15) is 23.1 Å². The normalized spacial score (nSPS) is 13.6. The Balaban J connectivity index is 0.000000367. The first kappa shape index (κ1) is 27.9. The van der Waals surface area contributed by atoms with E-state index in [1.54, 1.807) is 0 Å². The first-order chi connectivity index (χ1) is 16.6. The lowest BCUT2D eigenvalue weighted by molar-refractivity contribution is -0.142. The number of hydrogen-bond donors (Lipinski definition) is 2. The molecule has 3 rings (SSSR count). The number of nitrogens with zero attached hydrogens (tertiary/aromatic N) is 5. The fourth-order valence-electron chi connectivity index (χ4n) is 3.81. The SMILES string of the molecule is CCCC(CCC)C(=O)O.C[C@@H](c1ncncc1F)[C@](O)(Cn1cncn1)c1ccc(F)cc1F. The zero-order valence-corrected chi connectivity index (χ0v) is 19.9. The van der Waals surface area contributed by atoms with Crippen molar-refractivity contribution in [1.82, 2.24) is 24.7 Å². The number of halogens is 3.